The fraction of sp³-hybridized carbons (Fsp3) is 0.556. The minimum Gasteiger partial charge on any atom is -0.298 e. The lowest BCUT2D eigenvalue weighted by Gasteiger charge is -2.24. The van der Waals surface area contributed by atoms with Gasteiger partial charge in [0.1, 0.15) is 0 Å². The van der Waals surface area contributed by atoms with E-state index in [1.807, 2.05) is 13.8 Å². The summed E-state index contributed by atoms with van der Waals surface area (Å²) in [7, 11) is 0. The Labute approximate surface area is 66.3 Å². The second kappa shape index (κ2) is 2.61. The van der Waals surface area contributed by atoms with Crippen LogP contribution in [0.25, 0.3) is 0 Å². The number of carbonyl (C=O) groups excluding carboxylic acids is 2. The number of allylic oxidation sites excluding steroid dienone is 2. The molecule has 0 N–H and O–H groups in total. The van der Waals surface area contributed by atoms with Crippen LogP contribution >= 0.6 is 0 Å². The van der Waals surface area contributed by atoms with E-state index in [2.05, 4.69) is 0 Å². The summed E-state index contributed by atoms with van der Waals surface area (Å²) in [6.07, 6.45) is 3.79. The molecule has 0 aliphatic heterocycles. The monoisotopic (exact) mass is 152 g/mol. The molecule has 0 radical (unpaired) electrons. The zero-order valence-electron chi connectivity index (χ0n) is 6.89. The van der Waals surface area contributed by atoms with E-state index in [-0.39, 0.29) is 11.2 Å². The fourth-order valence-corrected chi connectivity index (χ4v) is 1.25. The first-order chi connectivity index (χ1) is 5.05. The maximum atomic E-state index is 11.0. The Balaban J connectivity index is 2.94. The minimum atomic E-state index is -0.0145. The topological polar surface area (TPSA) is 34.1 Å². The van der Waals surface area contributed by atoms with E-state index >= 15 is 0 Å². The molecule has 0 unspecified atom stereocenters. The molecule has 1 aliphatic carbocycles. The third kappa shape index (κ3) is 1.76. The summed E-state index contributed by atoms with van der Waals surface area (Å²) >= 11 is 0. The van der Waals surface area contributed by atoms with Crippen molar-refractivity contribution < 1.29 is 9.59 Å². The van der Waals surface area contributed by atoms with Crippen LogP contribution in [0, 0.1) is 5.41 Å². The van der Waals surface area contributed by atoms with E-state index in [9.17, 15) is 9.59 Å². The fourth-order valence-electron chi connectivity index (χ4n) is 1.25. The third-order valence-electron chi connectivity index (χ3n) is 1.99. The van der Waals surface area contributed by atoms with Gasteiger partial charge in [-0.05, 0) is 11.8 Å². The average molecular weight is 152 g/mol. The highest BCUT2D eigenvalue weighted by atomic mass is 16.1. The summed E-state index contributed by atoms with van der Waals surface area (Å²) in [5, 5.41) is 0. The molecule has 0 atom stereocenters. The number of aldehydes is 1. The lowest BCUT2D eigenvalue weighted by atomic mass is 9.79. The minimum absolute atomic E-state index is 0.0145. The number of rotatable bonds is 1. The van der Waals surface area contributed by atoms with Crippen molar-refractivity contribution in [1.29, 1.82) is 0 Å². The van der Waals surface area contributed by atoms with Gasteiger partial charge in [-0.1, -0.05) is 19.9 Å². The van der Waals surface area contributed by atoms with E-state index < -0.39 is 0 Å². The molecule has 0 aromatic rings. The van der Waals surface area contributed by atoms with Crippen molar-refractivity contribution in [3.63, 3.8) is 0 Å². The van der Waals surface area contributed by atoms with Gasteiger partial charge >= 0.3 is 0 Å². The number of carbonyl (C=O) groups is 2. The highest BCUT2D eigenvalue weighted by molar-refractivity contribution is 6.12. The zero-order valence-corrected chi connectivity index (χ0v) is 6.89. The van der Waals surface area contributed by atoms with Crippen LogP contribution in [-0.4, -0.2) is 12.1 Å². The largest absolute Gasteiger partial charge is 0.298 e. The Bertz CT molecular complexity index is 224. The van der Waals surface area contributed by atoms with E-state index in [0.29, 0.717) is 18.3 Å². The quantitative estimate of drug-likeness (QED) is 0.421. The van der Waals surface area contributed by atoms with Crippen LogP contribution in [0.3, 0.4) is 0 Å². The van der Waals surface area contributed by atoms with Crippen molar-refractivity contribution in [3.05, 3.63) is 11.6 Å². The molecule has 0 heterocycles. The second-order valence-corrected chi connectivity index (χ2v) is 3.63. The van der Waals surface area contributed by atoms with Gasteiger partial charge in [-0.15, -0.1) is 0 Å². The number of hydrogen-bond donors (Lipinski definition) is 0. The van der Waals surface area contributed by atoms with Crippen LogP contribution in [0.4, 0.5) is 0 Å². The molecule has 0 spiro atoms. The predicted octanol–water partition coefficient (Wildman–Crippen LogP) is 1.50. The van der Waals surface area contributed by atoms with Crippen molar-refractivity contribution >= 4 is 12.1 Å². The predicted molar refractivity (Wildman–Crippen MR) is 42.2 cm³/mol. The van der Waals surface area contributed by atoms with Crippen molar-refractivity contribution in [2.75, 3.05) is 0 Å². The lowest BCUT2D eigenvalue weighted by molar-refractivity contribution is -0.118. The number of ketones is 1. The first-order valence-corrected chi connectivity index (χ1v) is 3.76. The maximum Gasteiger partial charge on any atom is 0.165 e. The van der Waals surface area contributed by atoms with Crippen LogP contribution in [-0.2, 0) is 9.59 Å². The van der Waals surface area contributed by atoms with Crippen molar-refractivity contribution in [1.82, 2.24) is 0 Å². The van der Waals surface area contributed by atoms with Gasteiger partial charge in [-0.2, -0.15) is 0 Å². The van der Waals surface area contributed by atoms with Crippen molar-refractivity contribution in [2.45, 2.75) is 26.7 Å². The van der Waals surface area contributed by atoms with Crippen molar-refractivity contribution in [2.24, 2.45) is 5.41 Å². The summed E-state index contributed by atoms with van der Waals surface area (Å²) in [4.78, 5) is 21.4. The summed E-state index contributed by atoms with van der Waals surface area (Å²) in [5.74, 6) is -0.0145. The highest BCUT2D eigenvalue weighted by Crippen LogP contribution is 2.30. The molecule has 2 nitrogen and oxygen atoms in total. The molecule has 0 aromatic heterocycles. The van der Waals surface area contributed by atoms with Gasteiger partial charge in [-0.25, -0.2) is 0 Å². The molecule has 2 heteroatoms. The Morgan fingerprint density at radius 1 is 1.55 bits per heavy atom. The number of hydrogen-bond acceptors (Lipinski definition) is 2. The molecule has 11 heavy (non-hydrogen) atoms. The molecule has 0 bridgehead atoms. The van der Waals surface area contributed by atoms with Crippen LogP contribution in [0.2, 0.25) is 0 Å². The molecule has 0 saturated carbocycles. The maximum absolute atomic E-state index is 11.0. The molecule has 0 saturated heterocycles. The summed E-state index contributed by atoms with van der Waals surface area (Å²) in [5.41, 5.74) is 0.366. The molecule has 0 fully saturated rings. The van der Waals surface area contributed by atoms with Gasteiger partial charge in [0, 0.05) is 6.42 Å². The average Bonchev–Trinajstić information content (AvgIpc) is 1.94. The molecular formula is C9H12O2. The van der Waals surface area contributed by atoms with Crippen molar-refractivity contribution in [3.8, 4) is 0 Å². The van der Waals surface area contributed by atoms with E-state index in [0.717, 1.165) is 6.42 Å². The van der Waals surface area contributed by atoms with Crippen LogP contribution in [0.5, 0.6) is 0 Å². The smallest absolute Gasteiger partial charge is 0.165 e. The molecule has 60 valence electrons. The van der Waals surface area contributed by atoms with E-state index in [1.165, 1.54) is 0 Å². The first kappa shape index (κ1) is 8.18. The molecular weight excluding hydrogens is 140 g/mol. The number of Topliss-reactive ketones (excluding diaryl/α,β-unsaturated/α-hetero) is 1. The first-order valence-electron chi connectivity index (χ1n) is 3.76. The zero-order chi connectivity index (χ0) is 8.48. The normalized spacial score (nSPS) is 22.7. The van der Waals surface area contributed by atoms with Gasteiger partial charge in [0.05, 0.1) is 5.57 Å². The summed E-state index contributed by atoms with van der Waals surface area (Å²) in [6, 6.07) is 0. The van der Waals surface area contributed by atoms with Crippen LogP contribution in [0.1, 0.15) is 26.7 Å². The third-order valence-corrected chi connectivity index (χ3v) is 1.99. The van der Waals surface area contributed by atoms with E-state index in [1.54, 1.807) is 6.08 Å². The Hall–Kier alpha value is -0.920. The molecule has 1 aliphatic rings. The van der Waals surface area contributed by atoms with Crippen LogP contribution in [0.15, 0.2) is 11.6 Å². The van der Waals surface area contributed by atoms with Gasteiger partial charge in [-0.3, -0.25) is 9.59 Å². The van der Waals surface area contributed by atoms with Gasteiger partial charge in [0.2, 0.25) is 0 Å². The highest BCUT2D eigenvalue weighted by Gasteiger charge is 2.25. The standard InChI is InChI=1S/C9H12O2/c1-9(2)4-3-8(11)7(5-9)6-10/h5-6H,3-4H2,1-2H3. The SMILES string of the molecule is CC1(C)C=C(C=O)C(=O)CC1. The van der Waals surface area contributed by atoms with Gasteiger partial charge in [0.25, 0.3) is 0 Å². The lowest BCUT2D eigenvalue weighted by Crippen LogP contribution is -2.20. The Morgan fingerprint density at radius 2 is 2.18 bits per heavy atom. The van der Waals surface area contributed by atoms with Gasteiger partial charge in [0.15, 0.2) is 12.1 Å². The molecule has 0 aromatic carbocycles. The molecule has 1 rings (SSSR count). The van der Waals surface area contributed by atoms with E-state index in [4.69, 9.17) is 0 Å². The summed E-state index contributed by atoms with van der Waals surface area (Å²) < 4.78 is 0. The Morgan fingerprint density at radius 3 is 2.64 bits per heavy atom. The van der Waals surface area contributed by atoms with Gasteiger partial charge < -0.3 is 0 Å². The second-order valence-electron chi connectivity index (χ2n) is 3.63. The molecule has 0 amide bonds. The summed E-state index contributed by atoms with van der Waals surface area (Å²) in [6.45, 7) is 4.06. The van der Waals surface area contributed by atoms with Crippen LogP contribution < -0.4 is 0 Å². The Kier molecular flexibility index (Phi) is 1.94.